The molecule has 0 aromatic heterocycles. The molecule has 0 aromatic carbocycles. The highest BCUT2D eigenvalue weighted by molar-refractivity contribution is 5.70. The molecule has 0 amide bonds. The first-order valence-electron chi connectivity index (χ1n) is 7.53. The minimum Gasteiger partial charge on any atom is -0.462 e. The summed E-state index contributed by atoms with van der Waals surface area (Å²) >= 11 is 0. The summed E-state index contributed by atoms with van der Waals surface area (Å²) in [5.74, 6) is 1.15. The van der Waals surface area contributed by atoms with Crippen molar-refractivity contribution in [3.8, 4) is 0 Å². The van der Waals surface area contributed by atoms with E-state index in [0.29, 0.717) is 17.8 Å². The zero-order valence-corrected chi connectivity index (χ0v) is 12.6. The number of carbonyl (C=O) groups excluding carboxylic acids is 1. The number of rotatable bonds is 4. The molecule has 0 aliphatic heterocycles. The van der Waals surface area contributed by atoms with Crippen molar-refractivity contribution in [1.29, 1.82) is 0 Å². The van der Waals surface area contributed by atoms with Crippen LogP contribution < -0.4 is 0 Å². The summed E-state index contributed by atoms with van der Waals surface area (Å²) in [6, 6.07) is 0. The van der Waals surface area contributed by atoms with Crippen LogP contribution in [0, 0.1) is 22.7 Å². The normalized spacial score (nSPS) is 42.6. The Morgan fingerprint density at radius 1 is 1.39 bits per heavy atom. The summed E-state index contributed by atoms with van der Waals surface area (Å²) in [6.45, 7) is 11.2. The van der Waals surface area contributed by atoms with Gasteiger partial charge in [-0.2, -0.15) is 0 Å². The van der Waals surface area contributed by atoms with Crippen molar-refractivity contribution >= 4 is 5.97 Å². The fourth-order valence-electron chi connectivity index (χ4n) is 4.38. The highest BCUT2D eigenvalue weighted by atomic mass is 16.5. The molecule has 0 heterocycles. The van der Waals surface area contributed by atoms with Crippen molar-refractivity contribution in [2.24, 2.45) is 22.7 Å². The van der Waals surface area contributed by atoms with Crippen LogP contribution >= 0.6 is 0 Å². The van der Waals surface area contributed by atoms with Crippen LogP contribution in [0.4, 0.5) is 0 Å². The van der Waals surface area contributed by atoms with Gasteiger partial charge in [0.2, 0.25) is 0 Å². The molecule has 2 nitrogen and oxygen atoms in total. The van der Waals surface area contributed by atoms with E-state index < -0.39 is 0 Å². The zero-order valence-electron chi connectivity index (χ0n) is 12.6. The summed E-state index contributed by atoms with van der Waals surface area (Å²) in [4.78, 5) is 11.9. The first kappa shape index (κ1) is 13.9. The smallest absolute Gasteiger partial charge is 0.306 e. The molecule has 4 atom stereocenters. The van der Waals surface area contributed by atoms with E-state index in [1.807, 2.05) is 0 Å². The molecule has 0 radical (unpaired) electrons. The van der Waals surface area contributed by atoms with Gasteiger partial charge in [0.25, 0.3) is 0 Å². The monoisotopic (exact) mass is 252 g/mol. The molecule has 2 aliphatic carbocycles. The van der Waals surface area contributed by atoms with Gasteiger partial charge in [-0.3, -0.25) is 4.79 Å². The van der Waals surface area contributed by atoms with Crippen molar-refractivity contribution in [3.05, 3.63) is 0 Å². The third kappa shape index (κ3) is 1.88. The number of fused-ring (bicyclic) bond motifs is 2. The lowest BCUT2D eigenvalue weighted by Gasteiger charge is -2.40. The molecule has 2 rings (SSSR count). The van der Waals surface area contributed by atoms with Gasteiger partial charge in [0.15, 0.2) is 0 Å². The standard InChI is InChI=1S/C16H28O2/c1-6-15(4)12-7-8-16(15,5)13(10-12)18-14(17)9-11(2)3/h11-13H,6-10H2,1-5H3/t12-,13+,15?,16+/m0/s1. The number of hydrogen-bond donors (Lipinski definition) is 0. The van der Waals surface area contributed by atoms with Crippen molar-refractivity contribution < 1.29 is 9.53 Å². The summed E-state index contributed by atoms with van der Waals surface area (Å²) in [5, 5.41) is 0. The second kappa shape index (κ2) is 4.54. The fraction of sp³-hybridized carbons (Fsp3) is 0.938. The molecule has 1 unspecified atom stereocenters. The van der Waals surface area contributed by atoms with Crippen LogP contribution in [0.15, 0.2) is 0 Å². The van der Waals surface area contributed by atoms with Gasteiger partial charge in [-0.15, -0.1) is 0 Å². The van der Waals surface area contributed by atoms with E-state index >= 15 is 0 Å². The molecular formula is C16H28O2. The Morgan fingerprint density at radius 2 is 2.06 bits per heavy atom. The van der Waals surface area contributed by atoms with Gasteiger partial charge in [-0.25, -0.2) is 0 Å². The van der Waals surface area contributed by atoms with Gasteiger partial charge in [0.1, 0.15) is 6.10 Å². The van der Waals surface area contributed by atoms with Crippen LogP contribution in [-0.2, 0) is 9.53 Å². The second-order valence-electron chi connectivity index (χ2n) is 7.24. The Morgan fingerprint density at radius 3 is 2.56 bits per heavy atom. The number of hydrogen-bond acceptors (Lipinski definition) is 2. The Balaban J connectivity index is 2.07. The Kier molecular flexibility index (Phi) is 3.50. The van der Waals surface area contributed by atoms with Crippen LogP contribution in [0.2, 0.25) is 0 Å². The summed E-state index contributed by atoms with van der Waals surface area (Å²) in [7, 11) is 0. The Labute approximate surface area is 111 Å². The van der Waals surface area contributed by atoms with E-state index in [0.717, 1.165) is 12.3 Å². The third-order valence-corrected chi connectivity index (χ3v) is 6.01. The summed E-state index contributed by atoms with van der Waals surface area (Å²) in [6.07, 6.45) is 5.55. The summed E-state index contributed by atoms with van der Waals surface area (Å²) < 4.78 is 5.82. The molecule has 2 heteroatoms. The van der Waals surface area contributed by atoms with Gasteiger partial charge >= 0.3 is 5.97 Å². The van der Waals surface area contributed by atoms with Crippen LogP contribution in [0.5, 0.6) is 0 Å². The minimum atomic E-state index is 0.00206. The molecule has 104 valence electrons. The number of ether oxygens (including phenoxy) is 1. The zero-order chi connectivity index (χ0) is 13.6. The summed E-state index contributed by atoms with van der Waals surface area (Å²) in [5.41, 5.74) is 0.578. The first-order valence-corrected chi connectivity index (χ1v) is 7.53. The lowest BCUT2D eigenvalue weighted by atomic mass is 9.67. The quantitative estimate of drug-likeness (QED) is 0.702. The van der Waals surface area contributed by atoms with Crippen LogP contribution in [0.25, 0.3) is 0 Å². The van der Waals surface area contributed by atoms with Crippen LogP contribution in [-0.4, -0.2) is 12.1 Å². The van der Waals surface area contributed by atoms with Crippen molar-refractivity contribution in [1.82, 2.24) is 0 Å². The highest BCUT2D eigenvalue weighted by Gasteiger charge is 2.64. The molecule has 18 heavy (non-hydrogen) atoms. The topological polar surface area (TPSA) is 26.3 Å². The largest absolute Gasteiger partial charge is 0.462 e. The van der Waals surface area contributed by atoms with Gasteiger partial charge in [0, 0.05) is 11.8 Å². The molecule has 0 spiro atoms. The Hall–Kier alpha value is -0.530. The van der Waals surface area contributed by atoms with Crippen LogP contribution in [0.1, 0.15) is 66.7 Å². The molecule has 2 saturated carbocycles. The number of carbonyl (C=O) groups is 1. The van der Waals surface area contributed by atoms with E-state index in [4.69, 9.17) is 4.74 Å². The molecule has 0 aromatic rings. The average Bonchev–Trinajstić information content (AvgIpc) is 2.63. The van der Waals surface area contributed by atoms with Gasteiger partial charge in [-0.1, -0.05) is 34.6 Å². The molecular weight excluding hydrogens is 224 g/mol. The second-order valence-corrected chi connectivity index (χ2v) is 7.24. The van der Waals surface area contributed by atoms with E-state index in [2.05, 4.69) is 34.6 Å². The predicted octanol–water partition coefficient (Wildman–Crippen LogP) is 4.18. The van der Waals surface area contributed by atoms with Gasteiger partial charge in [-0.05, 0) is 42.9 Å². The van der Waals surface area contributed by atoms with E-state index in [-0.39, 0.29) is 17.5 Å². The molecule has 2 aliphatic rings. The highest BCUT2D eigenvalue weighted by Crippen LogP contribution is 2.67. The maximum absolute atomic E-state index is 11.9. The lowest BCUT2D eigenvalue weighted by Crippen LogP contribution is -2.39. The van der Waals surface area contributed by atoms with Crippen molar-refractivity contribution in [2.75, 3.05) is 0 Å². The van der Waals surface area contributed by atoms with Gasteiger partial charge in [0.05, 0.1) is 0 Å². The van der Waals surface area contributed by atoms with E-state index in [1.54, 1.807) is 0 Å². The average molecular weight is 252 g/mol. The molecule has 0 saturated heterocycles. The molecule has 2 bridgehead atoms. The number of esters is 1. The van der Waals surface area contributed by atoms with Gasteiger partial charge < -0.3 is 4.74 Å². The van der Waals surface area contributed by atoms with E-state index in [1.165, 1.54) is 19.3 Å². The van der Waals surface area contributed by atoms with E-state index in [9.17, 15) is 4.79 Å². The minimum absolute atomic E-state index is 0.00206. The fourth-order valence-corrected chi connectivity index (χ4v) is 4.38. The van der Waals surface area contributed by atoms with Crippen molar-refractivity contribution in [2.45, 2.75) is 72.8 Å². The van der Waals surface area contributed by atoms with Crippen LogP contribution in [0.3, 0.4) is 0 Å². The first-order chi connectivity index (χ1) is 8.33. The predicted molar refractivity (Wildman–Crippen MR) is 73.2 cm³/mol. The lowest BCUT2D eigenvalue weighted by molar-refractivity contribution is -0.158. The third-order valence-electron chi connectivity index (χ3n) is 6.01. The molecule has 0 N–H and O–H groups in total. The maximum atomic E-state index is 11.9. The molecule has 2 fully saturated rings. The Bertz CT molecular complexity index is 336. The SMILES string of the molecule is CCC1(C)[C@H]2CC[C@]1(C)[C@H](OC(=O)CC(C)C)C2. The van der Waals surface area contributed by atoms with Crippen molar-refractivity contribution in [3.63, 3.8) is 0 Å². The maximum Gasteiger partial charge on any atom is 0.306 e.